The van der Waals surface area contributed by atoms with Crippen molar-refractivity contribution in [2.75, 3.05) is 51.3 Å². The van der Waals surface area contributed by atoms with Gasteiger partial charge in [-0.15, -0.1) is 21.5 Å². The van der Waals surface area contributed by atoms with Gasteiger partial charge in [0.25, 0.3) is 0 Å². The van der Waals surface area contributed by atoms with E-state index in [-0.39, 0.29) is 11.9 Å². The first-order valence-corrected chi connectivity index (χ1v) is 13.8. The fraction of sp³-hybridized carbons (Fsp3) is 0.357. The smallest absolute Gasteiger partial charge is 0.321 e. The van der Waals surface area contributed by atoms with Crippen molar-refractivity contribution in [3.8, 4) is 11.4 Å². The van der Waals surface area contributed by atoms with Crippen LogP contribution in [0.2, 0.25) is 0 Å². The summed E-state index contributed by atoms with van der Waals surface area (Å²) in [6.45, 7) is 5.36. The molecule has 0 saturated carbocycles. The van der Waals surface area contributed by atoms with E-state index in [1.807, 2.05) is 35.2 Å². The van der Waals surface area contributed by atoms with Crippen molar-refractivity contribution in [1.29, 1.82) is 0 Å². The Labute approximate surface area is 227 Å². The van der Waals surface area contributed by atoms with Gasteiger partial charge in [0, 0.05) is 54.8 Å². The Bertz CT molecular complexity index is 1290. The maximum Gasteiger partial charge on any atom is 0.321 e. The maximum absolute atomic E-state index is 13.6. The fourth-order valence-electron chi connectivity index (χ4n) is 4.67. The highest BCUT2D eigenvalue weighted by atomic mass is 32.1. The van der Waals surface area contributed by atoms with Gasteiger partial charge in [-0.25, -0.2) is 4.79 Å². The van der Waals surface area contributed by atoms with Crippen LogP contribution in [0.4, 0.5) is 10.5 Å². The number of carbonyl (C=O) groups is 1. The zero-order chi connectivity index (χ0) is 26.2. The summed E-state index contributed by atoms with van der Waals surface area (Å²) in [5.41, 5.74) is 2.78. The normalized spacial score (nSPS) is 14.8. The van der Waals surface area contributed by atoms with E-state index in [1.54, 1.807) is 18.4 Å². The van der Waals surface area contributed by atoms with Crippen LogP contribution in [0.25, 0.3) is 11.4 Å². The molecule has 3 heterocycles. The molecule has 38 heavy (non-hydrogen) atoms. The Morgan fingerprint density at radius 3 is 2.66 bits per heavy atom. The van der Waals surface area contributed by atoms with Gasteiger partial charge in [-0.1, -0.05) is 48.5 Å². The lowest BCUT2D eigenvalue weighted by molar-refractivity contribution is 0.0351. The first kappa shape index (κ1) is 26.0. The molecule has 1 atom stereocenters. The molecule has 0 spiro atoms. The number of nitrogens with one attached hydrogen (secondary N) is 1. The number of rotatable bonds is 10. The minimum Gasteiger partial charge on any atom is -0.379 e. The number of aromatic nitrogens is 4. The molecule has 1 aliphatic heterocycles. The van der Waals surface area contributed by atoms with Gasteiger partial charge >= 0.3 is 6.03 Å². The summed E-state index contributed by atoms with van der Waals surface area (Å²) >= 11 is 1.77. The van der Waals surface area contributed by atoms with Crippen LogP contribution < -0.4 is 5.32 Å². The molecule has 5 rings (SSSR count). The zero-order valence-corrected chi connectivity index (χ0v) is 22.4. The number of tetrazole rings is 1. The number of carbonyl (C=O) groups excluding carboxylic acids is 1. The number of nitrogens with zero attached hydrogens (tertiary/aromatic N) is 6. The minimum absolute atomic E-state index is 0.111. The first-order chi connectivity index (χ1) is 18.7. The van der Waals surface area contributed by atoms with Gasteiger partial charge in [0.2, 0.25) is 5.82 Å². The lowest BCUT2D eigenvalue weighted by atomic mass is 9.94. The Hall–Kier alpha value is -3.60. The second kappa shape index (κ2) is 12.8. The standard InChI is InChI=1S/C28H33N7O2S/c1-33-31-27(30-32-33)23-9-5-10-24(21-23)29-28(36)35(15-14-34-16-18-37-19-17-34)13-12-25(26-11-6-20-38-26)22-7-3-2-4-8-22/h2-11,20-21,25H,12-19H2,1H3,(H,29,36). The van der Waals surface area contributed by atoms with Crippen LogP contribution in [0.15, 0.2) is 72.1 Å². The van der Waals surface area contributed by atoms with E-state index in [9.17, 15) is 4.79 Å². The average molecular weight is 532 g/mol. The van der Waals surface area contributed by atoms with Crippen LogP contribution in [0.3, 0.4) is 0 Å². The average Bonchev–Trinajstić information content (AvgIpc) is 3.64. The molecule has 2 aromatic heterocycles. The Morgan fingerprint density at radius 2 is 1.92 bits per heavy atom. The largest absolute Gasteiger partial charge is 0.379 e. The molecule has 1 N–H and O–H groups in total. The van der Waals surface area contributed by atoms with Gasteiger partial charge < -0.3 is 15.0 Å². The molecular weight excluding hydrogens is 498 g/mol. The monoisotopic (exact) mass is 531 g/mol. The highest BCUT2D eigenvalue weighted by Crippen LogP contribution is 2.31. The summed E-state index contributed by atoms with van der Waals surface area (Å²) in [6.07, 6.45) is 0.838. The van der Waals surface area contributed by atoms with Gasteiger partial charge in [-0.05, 0) is 40.8 Å². The summed E-state index contributed by atoms with van der Waals surface area (Å²) < 4.78 is 5.50. The number of amides is 2. The fourth-order valence-corrected chi connectivity index (χ4v) is 5.56. The third-order valence-corrected chi connectivity index (χ3v) is 7.72. The number of benzene rings is 2. The predicted molar refractivity (Wildman–Crippen MR) is 149 cm³/mol. The third kappa shape index (κ3) is 6.83. The Kier molecular flexibility index (Phi) is 8.75. The van der Waals surface area contributed by atoms with E-state index in [0.717, 1.165) is 44.8 Å². The number of hydrogen-bond acceptors (Lipinski definition) is 7. The van der Waals surface area contributed by atoms with Crippen molar-refractivity contribution < 1.29 is 9.53 Å². The van der Waals surface area contributed by atoms with E-state index in [2.05, 4.69) is 67.4 Å². The summed E-state index contributed by atoms with van der Waals surface area (Å²) in [5, 5.41) is 17.5. The van der Waals surface area contributed by atoms with E-state index >= 15 is 0 Å². The van der Waals surface area contributed by atoms with Crippen LogP contribution in [-0.2, 0) is 11.8 Å². The third-order valence-electron chi connectivity index (χ3n) is 6.73. The number of ether oxygens (including phenoxy) is 1. The van der Waals surface area contributed by atoms with Crippen molar-refractivity contribution in [3.63, 3.8) is 0 Å². The number of urea groups is 1. The molecule has 0 bridgehead atoms. The second-order valence-electron chi connectivity index (χ2n) is 9.32. The highest BCUT2D eigenvalue weighted by Gasteiger charge is 2.21. The van der Waals surface area contributed by atoms with Crippen LogP contribution in [0.5, 0.6) is 0 Å². The molecule has 0 radical (unpaired) electrons. The minimum atomic E-state index is -0.111. The SMILES string of the molecule is Cn1nnc(-c2cccc(NC(=O)N(CCC(c3ccccc3)c3cccs3)CCN3CCOCC3)c2)n1. The zero-order valence-electron chi connectivity index (χ0n) is 21.6. The summed E-state index contributed by atoms with van der Waals surface area (Å²) in [7, 11) is 1.73. The maximum atomic E-state index is 13.6. The molecule has 0 aliphatic carbocycles. The van der Waals surface area contributed by atoms with Crippen molar-refractivity contribution in [2.24, 2.45) is 7.05 Å². The van der Waals surface area contributed by atoms with E-state index in [4.69, 9.17) is 4.74 Å². The molecule has 4 aromatic rings. The lowest BCUT2D eigenvalue weighted by Gasteiger charge is -2.31. The Morgan fingerprint density at radius 1 is 1.08 bits per heavy atom. The summed E-state index contributed by atoms with van der Waals surface area (Å²) in [4.78, 5) is 20.6. The molecule has 9 nitrogen and oxygen atoms in total. The molecule has 1 aliphatic rings. The highest BCUT2D eigenvalue weighted by molar-refractivity contribution is 7.10. The van der Waals surface area contributed by atoms with Gasteiger partial charge in [0.05, 0.1) is 20.3 Å². The molecule has 2 amide bonds. The molecule has 1 fully saturated rings. The molecule has 1 unspecified atom stereocenters. The van der Waals surface area contributed by atoms with E-state index in [1.165, 1.54) is 15.2 Å². The van der Waals surface area contributed by atoms with E-state index < -0.39 is 0 Å². The summed E-state index contributed by atoms with van der Waals surface area (Å²) in [5.74, 6) is 0.760. The second-order valence-corrected chi connectivity index (χ2v) is 10.3. The molecular formula is C28H33N7O2S. The molecule has 1 saturated heterocycles. The predicted octanol–water partition coefficient (Wildman–Crippen LogP) is 4.33. The number of hydrogen-bond donors (Lipinski definition) is 1. The van der Waals surface area contributed by atoms with Crippen LogP contribution in [0.1, 0.15) is 22.8 Å². The number of aryl methyl sites for hydroxylation is 1. The summed E-state index contributed by atoms with van der Waals surface area (Å²) in [6, 6.07) is 22.3. The van der Waals surface area contributed by atoms with Crippen molar-refractivity contribution in [3.05, 3.63) is 82.6 Å². The van der Waals surface area contributed by atoms with Crippen molar-refractivity contribution in [1.82, 2.24) is 30.0 Å². The number of morpholine rings is 1. The van der Waals surface area contributed by atoms with Crippen molar-refractivity contribution in [2.45, 2.75) is 12.3 Å². The lowest BCUT2D eigenvalue weighted by Crippen LogP contribution is -2.44. The topological polar surface area (TPSA) is 88.4 Å². The van der Waals surface area contributed by atoms with Crippen LogP contribution in [-0.4, -0.2) is 82.0 Å². The number of anilines is 1. The van der Waals surface area contributed by atoms with Crippen molar-refractivity contribution >= 4 is 23.1 Å². The van der Waals surface area contributed by atoms with Crippen LogP contribution in [0, 0.1) is 0 Å². The molecule has 10 heteroatoms. The Balaban J connectivity index is 1.31. The first-order valence-electron chi connectivity index (χ1n) is 12.9. The quantitative estimate of drug-likeness (QED) is 0.328. The van der Waals surface area contributed by atoms with Gasteiger partial charge in [0.1, 0.15) is 0 Å². The van der Waals surface area contributed by atoms with Gasteiger partial charge in [-0.3, -0.25) is 4.90 Å². The van der Waals surface area contributed by atoms with Crippen LogP contribution >= 0.6 is 11.3 Å². The molecule has 2 aromatic carbocycles. The van der Waals surface area contributed by atoms with Gasteiger partial charge in [0.15, 0.2) is 0 Å². The van der Waals surface area contributed by atoms with E-state index in [0.29, 0.717) is 24.6 Å². The van der Waals surface area contributed by atoms with Gasteiger partial charge in [-0.2, -0.15) is 4.80 Å². The molecule has 198 valence electrons. The number of thiophene rings is 1.